The van der Waals surface area contributed by atoms with E-state index in [9.17, 15) is 0 Å². The van der Waals surface area contributed by atoms with E-state index in [1.807, 2.05) is 0 Å². The fraction of sp³-hybridized carbons (Fsp3) is 0.909. The molecule has 206 valence electrons. The maximum absolute atomic E-state index is 4.87. The summed E-state index contributed by atoms with van der Waals surface area (Å²) >= 11 is 0. The highest BCUT2D eigenvalue weighted by molar-refractivity contribution is 5.02. The van der Waals surface area contributed by atoms with Gasteiger partial charge in [-0.1, -0.05) is 156 Å². The van der Waals surface area contributed by atoms with Crippen molar-refractivity contribution in [2.24, 2.45) is 0 Å². The summed E-state index contributed by atoms with van der Waals surface area (Å²) in [6.07, 6.45) is 38.0. The van der Waals surface area contributed by atoms with E-state index in [4.69, 9.17) is 4.98 Å². The molecule has 2 heteroatoms. The van der Waals surface area contributed by atoms with Crippen molar-refractivity contribution in [2.45, 2.75) is 194 Å². The highest BCUT2D eigenvalue weighted by Gasteiger charge is 2.19. The van der Waals surface area contributed by atoms with Crippen LogP contribution in [0.2, 0.25) is 0 Å². The molecule has 0 bridgehead atoms. The van der Waals surface area contributed by atoms with Crippen molar-refractivity contribution in [3.63, 3.8) is 0 Å². The van der Waals surface area contributed by atoms with E-state index in [0.29, 0.717) is 12.0 Å². The van der Waals surface area contributed by atoms with Gasteiger partial charge in [-0.25, -0.2) is 4.98 Å². The normalized spacial score (nSPS) is 13.4. The highest BCUT2D eigenvalue weighted by atomic mass is 15.1. The van der Waals surface area contributed by atoms with Crippen LogP contribution in [0.3, 0.4) is 0 Å². The third kappa shape index (κ3) is 16.6. The largest absolute Gasteiger partial charge is 0.332 e. The Morgan fingerprint density at radius 1 is 0.543 bits per heavy atom. The van der Waals surface area contributed by atoms with Crippen LogP contribution >= 0.6 is 0 Å². The number of nitrogens with zero attached hydrogens (tertiary/aromatic N) is 2. The summed E-state index contributed by atoms with van der Waals surface area (Å²) in [5.74, 6) is 2.04. The van der Waals surface area contributed by atoms with Crippen LogP contribution in [0.4, 0.5) is 0 Å². The molecule has 0 fully saturated rings. The van der Waals surface area contributed by atoms with Crippen LogP contribution in [0.25, 0.3) is 0 Å². The molecule has 1 aromatic rings. The topological polar surface area (TPSA) is 17.8 Å². The zero-order valence-electron chi connectivity index (χ0n) is 24.7. The van der Waals surface area contributed by atoms with Gasteiger partial charge in [0.2, 0.25) is 0 Å². The quantitative estimate of drug-likeness (QED) is 0.118. The van der Waals surface area contributed by atoms with Gasteiger partial charge in [-0.3, -0.25) is 0 Å². The number of hydrogen-bond donors (Lipinski definition) is 0. The van der Waals surface area contributed by atoms with E-state index < -0.39 is 0 Å². The molecule has 0 aliphatic heterocycles. The summed E-state index contributed by atoms with van der Waals surface area (Å²) < 4.78 is 2.52. The van der Waals surface area contributed by atoms with Crippen LogP contribution in [0.1, 0.15) is 200 Å². The number of unbranched alkanes of at least 4 members (excludes halogenated alkanes) is 18. The standard InChI is InChI=1S/C33H64N2/c1-5-8-11-12-13-14-15-16-17-18-19-20-21-22-23-25-28-32(27-10-7-3)33-34-29-30-35(33)31(4)26-24-9-6-2/h29-32H,5-28H2,1-4H3. The van der Waals surface area contributed by atoms with E-state index in [0.717, 1.165) is 0 Å². The van der Waals surface area contributed by atoms with Crippen LogP contribution in [-0.4, -0.2) is 9.55 Å². The van der Waals surface area contributed by atoms with Crippen molar-refractivity contribution in [3.05, 3.63) is 18.2 Å². The molecule has 1 aromatic heterocycles. The molecule has 35 heavy (non-hydrogen) atoms. The van der Waals surface area contributed by atoms with E-state index in [1.165, 1.54) is 160 Å². The molecule has 0 N–H and O–H groups in total. The van der Waals surface area contributed by atoms with Crippen LogP contribution in [-0.2, 0) is 0 Å². The molecule has 0 saturated heterocycles. The smallest absolute Gasteiger partial charge is 0.111 e. The number of rotatable bonds is 26. The molecule has 0 saturated carbocycles. The summed E-state index contributed by atoms with van der Waals surface area (Å²) in [7, 11) is 0. The summed E-state index contributed by atoms with van der Waals surface area (Å²) in [5, 5.41) is 0. The molecular formula is C33H64N2. The van der Waals surface area contributed by atoms with Gasteiger partial charge in [-0.15, -0.1) is 0 Å². The molecule has 1 rings (SSSR count). The summed E-state index contributed by atoms with van der Waals surface area (Å²) in [5.41, 5.74) is 0. The van der Waals surface area contributed by atoms with Crippen molar-refractivity contribution in [2.75, 3.05) is 0 Å². The lowest BCUT2D eigenvalue weighted by Crippen LogP contribution is -2.13. The van der Waals surface area contributed by atoms with Crippen molar-refractivity contribution < 1.29 is 0 Å². The number of hydrogen-bond acceptors (Lipinski definition) is 1. The van der Waals surface area contributed by atoms with Crippen molar-refractivity contribution in [1.82, 2.24) is 9.55 Å². The average molecular weight is 489 g/mol. The lowest BCUT2D eigenvalue weighted by molar-refractivity contribution is 0.418. The Hall–Kier alpha value is -0.790. The lowest BCUT2D eigenvalue weighted by atomic mass is 9.93. The zero-order valence-corrected chi connectivity index (χ0v) is 24.7. The van der Waals surface area contributed by atoms with Crippen LogP contribution < -0.4 is 0 Å². The van der Waals surface area contributed by atoms with Gasteiger partial charge >= 0.3 is 0 Å². The van der Waals surface area contributed by atoms with Gasteiger partial charge in [-0.05, 0) is 26.2 Å². The van der Waals surface area contributed by atoms with Crippen LogP contribution in [0.15, 0.2) is 12.4 Å². The van der Waals surface area contributed by atoms with Gasteiger partial charge in [0.25, 0.3) is 0 Å². The maximum atomic E-state index is 4.87. The SMILES string of the molecule is CCCCCCCCCCCCCCCCCCC(CCCC)c1nccn1C(C)CCCCC. The molecule has 0 spiro atoms. The van der Waals surface area contributed by atoms with Gasteiger partial charge in [0.05, 0.1) is 0 Å². The predicted octanol–water partition coefficient (Wildman–Crippen LogP) is 11.9. The summed E-state index contributed by atoms with van der Waals surface area (Å²) in [4.78, 5) is 4.87. The minimum absolute atomic E-state index is 0.592. The first-order valence-electron chi connectivity index (χ1n) is 16.3. The third-order valence-electron chi connectivity index (χ3n) is 8.08. The lowest BCUT2D eigenvalue weighted by Gasteiger charge is -2.22. The minimum atomic E-state index is 0.592. The van der Waals surface area contributed by atoms with Gasteiger partial charge < -0.3 is 4.57 Å². The average Bonchev–Trinajstić information content (AvgIpc) is 3.35. The van der Waals surface area contributed by atoms with E-state index in [1.54, 1.807) is 0 Å². The molecule has 0 radical (unpaired) electrons. The van der Waals surface area contributed by atoms with Crippen LogP contribution in [0.5, 0.6) is 0 Å². The number of imidazole rings is 1. The molecule has 0 aromatic carbocycles. The first kappa shape index (κ1) is 32.2. The molecule has 0 aliphatic carbocycles. The Morgan fingerprint density at radius 3 is 1.46 bits per heavy atom. The van der Waals surface area contributed by atoms with Gasteiger partial charge in [0.15, 0.2) is 0 Å². The van der Waals surface area contributed by atoms with E-state index in [2.05, 4.69) is 44.7 Å². The Kier molecular flexibility index (Phi) is 21.7. The molecule has 1 heterocycles. The van der Waals surface area contributed by atoms with Crippen LogP contribution in [0, 0.1) is 0 Å². The summed E-state index contributed by atoms with van der Waals surface area (Å²) in [6.45, 7) is 9.32. The Bertz CT molecular complexity index is 549. The summed E-state index contributed by atoms with van der Waals surface area (Å²) in [6, 6.07) is 0.592. The second kappa shape index (κ2) is 23.6. The Morgan fingerprint density at radius 2 is 0.943 bits per heavy atom. The van der Waals surface area contributed by atoms with Crippen molar-refractivity contribution in [1.29, 1.82) is 0 Å². The monoisotopic (exact) mass is 489 g/mol. The molecule has 2 nitrogen and oxygen atoms in total. The fourth-order valence-electron chi connectivity index (χ4n) is 5.63. The molecule has 0 amide bonds. The second-order valence-electron chi connectivity index (χ2n) is 11.5. The minimum Gasteiger partial charge on any atom is -0.332 e. The fourth-order valence-corrected chi connectivity index (χ4v) is 5.63. The number of aromatic nitrogens is 2. The third-order valence-corrected chi connectivity index (χ3v) is 8.08. The molecular weight excluding hydrogens is 424 g/mol. The molecule has 0 aliphatic rings. The first-order valence-corrected chi connectivity index (χ1v) is 16.3. The van der Waals surface area contributed by atoms with Gasteiger partial charge in [0, 0.05) is 24.4 Å². The van der Waals surface area contributed by atoms with E-state index in [-0.39, 0.29) is 0 Å². The zero-order chi connectivity index (χ0) is 25.4. The maximum Gasteiger partial charge on any atom is 0.111 e. The Balaban J connectivity index is 2.14. The van der Waals surface area contributed by atoms with Crippen molar-refractivity contribution >= 4 is 0 Å². The highest BCUT2D eigenvalue weighted by Crippen LogP contribution is 2.30. The Labute approximate surface area is 221 Å². The van der Waals surface area contributed by atoms with E-state index >= 15 is 0 Å². The molecule has 2 unspecified atom stereocenters. The van der Waals surface area contributed by atoms with Gasteiger partial charge in [0.1, 0.15) is 5.82 Å². The first-order chi connectivity index (χ1) is 17.2. The molecule has 2 atom stereocenters. The predicted molar refractivity (Wildman–Crippen MR) is 158 cm³/mol. The second-order valence-corrected chi connectivity index (χ2v) is 11.5. The van der Waals surface area contributed by atoms with Gasteiger partial charge in [-0.2, -0.15) is 0 Å². The van der Waals surface area contributed by atoms with Crippen molar-refractivity contribution in [3.8, 4) is 0 Å².